The summed E-state index contributed by atoms with van der Waals surface area (Å²) in [5, 5.41) is 9.71. The van der Waals surface area contributed by atoms with Gasteiger partial charge in [-0.15, -0.1) is 0 Å². The summed E-state index contributed by atoms with van der Waals surface area (Å²) in [6.45, 7) is 3.81. The number of hydrogen-bond acceptors (Lipinski definition) is 5. The Bertz CT molecular complexity index is 1480. The molecule has 4 aromatic rings. The van der Waals surface area contributed by atoms with Gasteiger partial charge in [-0.05, 0) is 67.9 Å². The average molecular weight is 470 g/mol. The molecule has 0 fully saturated rings. The number of carbonyl (C=O) groups excluding carboxylic acids is 1. The van der Waals surface area contributed by atoms with Crippen LogP contribution >= 0.6 is 11.6 Å². The number of imidazole rings is 1. The van der Waals surface area contributed by atoms with Crippen LogP contribution in [0.4, 0.5) is 0 Å². The van der Waals surface area contributed by atoms with Crippen LogP contribution in [0.1, 0.15) is 36.2 Å². The fourth-order valence-corrected chi connectivity index (χ4v) is 4.05. The van der Waals surface area contributed by atoms with Gasteiger partial charge in [0.2, 0.25) is 5.78 Å². The lowest BCUT2D eigenvalue weighted by atomic mass is 9.92. The molecule has 168 valence electrons. The van der Waals surface area contributed by atoms with Crippen LogP contribution < -0.4 is 4.74 Å². The standard InChI is InChI=1S/C27H20ClN3O3/c1-27(2)26(32)24(25(34-27)19-5-3-17(13-29)4-6-19)18-7-10-22(11-8-18)33-16-21-15-31-14-20(28)9-12-23(31)30-21/h3-12,14-15H,16H2,1-2H3. The van der Waals surface area contributed by atoms with Gasteiger partial charge in [-0.25, -0.2) is 4.98 Å². The molecule has 5 rings (SSSR count). The zero-order valence-corrected chi connectivity index (χ0v) is 19.3. The Kier molecular flexibility index (Phi) is 5.35. The number of ketones is 1. The number of hydrogen-bond donors (Lipinski definition) is 0. The van der Waals surface area contributed by atoms with Crippen molar-refractivity contribution in [2.24, 2.45) is 0 Å². The monoisotopic (exact) mass is 469 g/mol. The van der Waals surface area contributed by atoms with Gasteiger partial charge in [0.05, 0.1) is 27.9 Å². The van der Waals surface area contributed by atoms with E-state index in [-0.39, 0.29) is 5.78 Å². The number of nitrogens with zero attached hydrogens (tertiary/aromatic N) is 3. The van der Waals surface area contributed by atoms with Gasteiger partial charge in [-0.3, -0.25) is 4.79 Å². The maximum Gasteiger partial charge on any atom is 0.210 e. The highest BCUT2D eigenvalue weighted by Gasteiger charge is 2.42. The van der Waals surface area contributed by atoms with E-state index < -0.39 is 5.60 Å². The second-order valence-corrected chi connectivity index (χ2v) is 8.93. The van der Waals surface area contributed by atoms with Crippen LogP contribution in [0, 0.1) is 11.3 Å². The number of Topliss-reactive ketones (excluding diaryl/α,β-unsaturated/α-hetero) is 1. The first-order valence-corrected chi connectivity index (χ1v) is 11.1. The second kappa shape index (κ2) is 8.36. The van der Waals surface area contributed by atoms with E-state index in [9.17, 15) is 4.79 Å². The van der Waals surface area contributed by atoms with E-state index >= 15 is 0 Å². The quantitative estimate of drug-likeness (QED) is 0.375. The van der Waals surface area contributed by atoms with Crippen LogP contribution in [-0.4, -0.2) is 20.8 Å². The normalized spacial score (nSPS) is 14.8. The molecule has 0 N–H and O–H groups in total. The van der Waals surface area contributed by atoms with Crippen molar-refractivity contribution in [2.75, 3.05) is 0 Å². The number of aromatic nitrogens is 2. The topological polar surface area (TPSA) is 76.6 Å². The SMILES string of the molecule is CC1(C)OC(c2ccc(C#N)cc2)=C(c2ccc(OCc3cn4cc(Cl)ccc4n3)cc2)C1=O. The molecule has 1 aliphatic rings. The van der Waals surface area contributed by atoms with Crippen molar-refractivity contribution < 1.29 is 14.3 Å². The molecular formula is C27H20ClN3O3. The largest absolute Gasteiger partial charge is 0.487 e. The van der Waals surface area contributed by atoms with E-state index in [1.807, 2.05) is 40.9 Å². The summed E-state index contributed by atoms with van der Waals surface area (Å²) in [6.07, 6.45) is 3.67. The molecule has 0 amide bonds. The number of pyridine rings is 1. The molecule has 0 radical (unpaired) electrons. The van der Waals surface area contributed by atoms with E-state index in [0.717, 1.165) is 22.5 Å². The lowest BCUT2D eigenvalue weighted by molar-refractivity contribution is -0.125. The summed E-state index contributed by atoms with van der Waals surface area (Å²) in [7, 11) is 0. The first-order chi connectivity index (χ1) is 16.3. The molecule has 0 atom stereocenters. The number of nitriles is 1. The van der Waals surface area contributed by atoms with E-state index in [1.165, 1.54) is 0 Å². The molecule has 0 spiro atoms. The fourth-order valence-electron chi connectivity index (χ4n) is 3.88. The summed E-state index contributed by atoms with van der Waals surface area (Å²) in [4.78, 5) is 17.7. The summed E-state index contributed by atoms with van der Waals surface area (Å²) >= 11 is 6.03. The molecular weight excluding hydrogens is 450 g/mol. The van der Waals surface area contributed by atoms with E-state index in [2.05, 4.69) is 11.1 Å². The van der Waals surface area contributed by atoms with Crippen molar-refractivity contribution in [1.82, 2.24) is 9.38 Å². The van der Waals surface area contributed by atoms with Crippen molar-refractivity contribution >= 4 is 34.4 Å². The minimum absolute atomic E-state index is 0.0936. The van der Waals surface area contributed by atoms with Gasteiger partial charge in [0.15, 0.2) is 5.60 Å². The van der Waals surface area contributed by atoms with E-state index in [0.29, 0.717) is 34.3 Å². The van der Waals surface area contributed by atoms with Gasteiger partial charge in [0.1, 0.15) is 23.8 Å². The molecule has 0 bridgehead atoms. The van der Waals surface area contributed by atoms with Gasteiger partial charge in [-0.1, -0.05) is 23.7 Å². The fraction of sp³-hybridized carbons (Fsp3) is 0.148. The molecule has 7 heteroatoms. The first-order valence-electron chi connectivity index (χ1n) is 10.7. The first kappa shape index (κ1) is 21.7. The molecule has 2 aromatic heterocycles. The highest BCUT2D eigenvalue weighted by Crippen LogP contribution is 2.41. The Balaban J connectivity index is 1.39. The number of halogens is 1. The number of rotatable bonds is 5. The molecule has 6 nitrogen and oxygen atoms in total. The third-order valence-corrected chi connectivity index (χ3v) is 5.85. The van der Waals surface area contributed by atoms with Crippen molar-refractivity contribution in [1.29, 1.82) is 5.26 Å². The maximum atomic E-state index is 13.2. The van der Waals surface area contributed by atoms with Crippen LogP contribution in [0.15, 0.2) is 73.1 Å². The van der Waals surface area contributed by atoms with Crippen LogP contribution in [0.2, 0.25) is 5.02 Å². The number of ether oxygens (including phenoxy) is 2. The third kappa shape index (κ3) is 4.02. The smallest absolute Gasteiger partial charge is 0.210 e. The van der Waals surface area contributed by atoms with Crippen molar-refractivity contribution in [3.05, 3.63) is 100 Å². The zero-order chi connectivity index (χ0) is 23.9. The summed E-state index contributed by atoms with van der Waals surface area (Å²) < 4.78 is 13.8. The number of benzene rings is 2. The summed E-state index contributed by atoms with van der Waals surface area (Å²) in [5.41, 5.74) is 3.15. The Labute approximate surface area is 201 Å². The Morgan fingerprint density at radius 1 is 1.03 bits per heavy atom. The zero-order valence-electron chi connectivity index (χ0n) is 18.6. The van der Waals surface area contributed by atoms with Gasteiger partial charge < -0.3 is 13.9 Å². The average Bonchev–Trinajstić information content (AvgIpc) is 3.35. The van der Waals surface area contributed by atoms with Crippen molar-refractivity contribution in [3.63, 3.8) is 0 Å². The molecule has 0 saturated heterocycles. The molecule has 0 saturated carbocycles. The molecule has 0 aliphatic carbocycles. The van der Waals surface area contributed by atoms with Gasteiger partial charge in [0, 0.05) is 18.0 Å². The van der Waals surface area contributed by atoms with Gasteiger partial charge in [-0.2, -0.15) is 5.26 Å². The highest BCUT2D eigenvalue weighted by atomic mass is 35.5. The Hall–Kier alpha value is -4.08. The van der Waals surface area contributed by atoms with Crippen LogP contribution in [0.5, 0.6) is 5.75 Å². The van der Waals surface area contributed by atoms with Gasteiger partial charge in [0.25, 0.3) is 0 Å². The number of fused-ring (bicyclic) bond motifs is 1. The minimum Gasteiger partial charge on any atom is -0.487 e. The molecule has 2 aromatic carbocycles. The predicted molar refractivity (Wildman–Crippen MR) is 129 cm³/mol. The predicted octanol–water partition coefficient (Wildman–Crippen LogP) is 5.68. The third-order valence-electron chi connectivity index (χ3n) is 5.63. The van der Waals surface area contributed by atoms with Crippen molar-refractivity contribution in [3.8, 4) is 11.8 Å². The minimum atomic E-state index is -0.972. The highest BCUT2D eigenvalue weighted by molar-refractivity contribution is 6.32. The van der Waals surface area contributed by atoms with Crippen LogP contribution in [0.3, 0.4) is 0 Å². The second-order valence-electron chi connectivity index (χ2n) is 8.49. The van der Waals surface area contributed by atoms with Crippen LogP contribution in [-0.2, 0) is 16.1 Å². The van der Waals surface area contributed by atoms with Gasteiger partial charge >= 0.3 is 0 Å². The van der Waals surface area contributed by atoms with E-state index in [4.69, 9.17) is 26.3 Å². The Morgan fingerprint density at radius 2 is 1.74 bits per heavy atom. The van der Waals surface area contributed by atoms with Crippen LogP contribution in [0.25, 0.3) is 17.0 Å². The summed E-state index contributed by atoms with van der Waals surface area (Å²) in [6, 6.07) is 20.1. The lowest BCUT2D eigenvalue weighted by Crippen LogP contribution is -2.29. The van der Waals surface area contributed by atoms with Crippen molar-refractivity contribution in [2.45, 2.75) is 26.1 Å². The molecule has 34 heavy (non-hydrogen) atoms. The molecule has 3 heterocycles. The van der Waals surface area contributed by atoms with E-state index in [1.54, 1.807) is 50.4 Å². The summed E-state index contributed by atoms with van der Waals surface area (Å²) in [5.74, 6) is 1.07. The lowest BCUT2D eigenvalue weighted by Gasteiger charge is -2.17. The Morgan fingerprint density at radius 3 is 2.44 bits per heavy atom. The molecule has 1 aliphatic heterocycles. The molecule has 0 unspecified atom stereocenters. The maximum absolute atomic E-state index is 13.2. The number of carbonyl (C=O) groups is 1.